The van der Waals surface area contributed by atoms with Crippen LogP contribution in [-0.4, -0.2) is 46.8 Å². The number of halogens is 1. The summed E-state index contributed by atoms with van der Waals surface area (Å²) < 4.78 is 0. The number of amides is 1. The average molecular weight is 284 g/mol. The quantitative estimate of drug-likeness (QED) is 0.927. The summed E-state index contributed by atoms with van der Waals surface area (Å²) in [4.78, 5) is 18.9. The van der Waals surface area contributed by atoms with E-state index in [1.807, 2.05) is 6.92 Å². The standard InChI is InChI=1S/C13H18ClN3O2/c1-2-17(13(18)19)10-4-3-7-16(9-10)12-8-15-6-5-11(12)14/h5-6,8,10H,2-4,7,9H2,1H3,(H,18,19). The third-order valence-corrected chi connectivity index (χ3v) is 3.83. The van der Waals surface area contributed by atoms with Crippen LogP contribution in [0.4, 0.5) is 10.5 Å². The summed E-state index contributed by atoms with van der Waals surface area (Å²) >= 11 is 6.17. The van der Waals surface area contributed by atoms with E-state index in [0.717, 1.165) is 25.1 Å². The largest absolute Gasteiger partial charge is 0.465 e. The predicted octanol–water partition coefficient (Wildman–Crippen LogP) is 2.70. The molecule has 0 aliphatic carbocycles. The number of piperidine rings is 1. The first-order chi connectivity index (χ1) is 9.13. The van der Waals surface area contributed by atoms with Gasteiger partial charge in [-0.2, -0.15) is 0 Å². The van der Waals surface area contributed by atoms with Crippen LogP contribution in [0, 0.1) is 0 Å². The Balaban J connectivity index is 2.13. The van der Waals surface area contributed by atoms with E-state index in [1.54, 1.807) is 18.5 Å². The Hall–Kier alpha value is -1.49. The number of nitrogens with zero attached hydrogens (tertiary/aromatic N) is 3. The first-order valence-electron chi connectivity index (χ1n) is 6.47. The Morgan fingerprint density at radius 2 is 2.47 bits per heavy atom. The molecule has 0 saturated carbocycles. The average Bonchev–Trinajstić information content (AvgIpc) is 2.40. The van der Waals surface area contributed by atoms with Crippen LogP contribution in [0.3, 0.4) is 0 Å². The zero-order valence-corrected chi connectivity index (χ0v) is 11.7. The molecule has 1 aromatic rings. The Kier molecular flexibility index (Phi) is 4.47. The van der Waals surface area contributed by atoms with Crippen LogP contribution < -0.4 is 4.90 Å². The van der Waals surface area contributed by atoms with E-state index in [9.17, 15) is 9.90 Å². The fraction of sp³-hybridized carbons (Fsp3) is 0.538. The van der Waals surface area contributed by atoms with Gasteiger partial charge in [-0.25, -0.2) is 4.79 Å². The van der Waals surface area contributed by atoms with Gasteiger partial charge in [-0.15, -0.1) is 0 Å². The molecule has 1 aromatic heterocycles. The Morgan fingerprint density at radius 3 is 3.11 bits per heavy atom. The highest BCUT2D eigenvalue weighted by Gasteiger charge is 2.28. The van der Waals surface area contributed by atoms with Crippen molar-refractivity contribution >= 4 is 23.4 Å². The summed E-state index contributed by atoms with van der Waals surface area (Å²) in [6.07, 6.45) is 4.39. The molecule has 1 unspecified atom stereocenters. The van der Waals surface area contributed by atoms with Crippen molar-refractivity contribution in [3.05, 3.63) is 23.5 Å². The van der Waals surface area contributed by atoms with Crippen molar-refractivity contribution in [2.75, 3.05) is 24.5 Å². The van der Waals surface area contributed by atoms with Crippen LogP contribution >= 0.6 is 11.6 Å². The van der Waals surface area contributed by atoms with Gasteiger partial charge in [0.2, 0.25) is 0 Å². The van der Waals surface area contributed by atoms with Gasteiger partial charge in [-0.3, -0.25) is 4.98 Å². The maximum Gasteiger partial charge on any atom is 0.407 e. The molecule has 0 aromatic carbocycles. The fourth-order valence-electron chi connectivity index (χ4n) is 2.58. The molecular formula is C13H18ClN3O2. The molecule has 1 aliphatic rings. The summed E-state index contributed by atoms with van der Waals surface area (Å²) in [6, 6.07) is 1.78. The van der Waals surface area contributed by atoms with E-state index in [4.69, 9.17) is 11.6 Å². The van der Waals surface area contributed by atoms with Crippen LogP contribution in [0.1, 0.15) is 19.8 Å². The van der Waals surface area contributed by atoms with Crippen molar-refractivity contribution in [2.45, 2.75) is 25.8 Å². The molecule has 5 nitrogen and oxygen atoms in total. The highest BCUT2D eigenvalue weighted by Crippen LogP contribution is 2.28. The second kappa shape index (κ2) is 6.10. The maximum absolute atomic E-state index is 11.2. The minimum absolute atomic E-state index is 0.0209. The molecule has 1 N–H and O–H groups in total. The van der Waals surface area contributed by atoms with Crippen molar-refractivity contribution in [1.82, 2.24) is 9.88 Å². The van der Waals surface area contributed by atoms with Gasteiger partial charge in [0.1, 0.15) is 0 Å². The minimum atomic E-state index is -0.855. The second-order valence-electron chi connectivity index (χ2n) is 4.64. The van der Waals surface area contributed by atoms with E-state index in [2.05, 4.69) is 9.88 Å². The van der Waals surface area contributed by atoms with E-state index in [0.29, 0.717) is 18.1 Å². The molecule has 1 saturated heterocycles. The summed E-state index contributed by atoms with van der Waals surface area (Å²) in [5.74, 6) is 0. The number of hydrogen-bond acceptors (Lipinski definition) is 3. The summed E-state index contributed by atoms with van der Waals surface area (Å²) in [5.41, 5.74) is 0.885. The number of anilines is 1. The number of hydrogen-bond donors (Lipinski definition) is 1. The fourth-order valence-corrected chi connectivity index (χ4v) is 2.80. The SMILES string of the molecule is CCN(C(=O)O)C1CCCN(c2cnccc2Cl)C1. The van der Waals surface area contributed by atoms with Crippen LogP contribution in [0.15, 0.2) is 18.5 Å². The van der Waals surface area contributed by atoms with Gasteiger partial charge in [0.05, 0.1) is 22.9 Å². The molecule has 2 rings (SSSR count). The lowest BCUT2D eigenvalue weighted by molar-refractivity contribution is 0.122. The van der Waals surface area contributed by atoms with Gasteiger partial charge in [0.25, 0.3) is 0 Å². The summed E-state index contributed by atoms with van der Waals surface area (Å²) in [6.45, 7) is 3.93. The molecule has 0 radical (unpaired) electrons. The van der Waals surface area contributed by atoms with Gasteiger partial charge in [0, 0.05) is 25.8 Å². The van der Waals surface area contributed by atoms with E-state index in [1.165, 1.54) is 4.90 Å². The van der Waals surface area contributed by atoms with Gasteiger partial charge in [-0.1, -0.05) is 11.6 Å². The third kappa shape index (κ3) is 3.10. The highest BCUT2D eigenvalue weighted by molar-refractivity contribution is 6.33. The Morgan fingerprint density at radius 1 is 1.68 bits per heavy atom. The van der Waals surface area contributed by atoms with Crippen LogP contribution in [0.5, 0.6) is 0 Å². The van der Waals surface area contributed by atoms with Crippen molar-refractivity contribution in [2.24, 2.45) is 0 Å². The van der Waals surface area contributed by atoms with E-state index < -0.39 is 6.09 Å². The summed E-state index contributed by atoms with van der Waals surface area (Å²) in [5, 5.41) is 9.87. The summed E-state index contributed by atoms with van der Waals surface area (Å²) in [7, 11) is 0. The van der Waals surface area contributed by atoms with Crippen molar-refractivity contribution in [3.63, 3.8) is 0 Å². The second-order valence-corrected chi connectivity index (χ2v) is 5.04. The lowest BCUT2D eigenvalue weighted by Gasteiger charge is -2.38. The van der Waals surface area contributed by atoms with E-state index >= 15 is 0 Å². The molecule has 1 atom stereocenters. The zero-order valence-electron chi connectivity index (χ0n) is 10.9. The van der Waals surface area contributed by atoms with Crippen LogP contribution in [0.2, 0.25) is 5.02 Å². The smallest absolute Gasteiger partial charge is 0.407 e. The maximum atomic E-state index is 11.2. The number of carbonyl (C=O) groups is 1. The molecule has 0 bridgehead atoms. The molecule has 1 aliphatic heterocycles. The first-order valence-corrected chi connectivity index (χ1v) is 6.85. The zero-order chi connectivity index (χ0) is 13.8. The first kappa shape index (κ1) is 13.9. The van der Waals surface area contributed by atoms with Gasteiger partial charge < -0.3 is 14.9 Å². The number of pyridine rings is 1. The molecule has 0 spiro atoms. The lowest BCUT2D eigenvalue weighted by Crippen LogP contribution is -2.50. The Labute approximate surface area is 117 Å². The van der Waals surface area contributed by atoms with E-state index in [-0.39, 0.29) is 6.04 Å². The predicted molar refractivity (Wildman–Crippen MR) is 74.9 cm³/mol. The minimum Gasteiger partial charge on any atom is -0.465 e. The van der Waals surface area contributed by atoms with Crippen molar-refractivity contribution < 1.29 is 9.90 Å². The molecule has 19 heavy (non-hydrogen) atoms. The normalized spacial score (nSPS) is 19.3. The van der Waals surface area contributed by atoms with Crippen molar-refractivity contribution in [1.29, 1.82) is 0 Å². The number of likely N-dealkylation sites (N-methyl/N-ethyl adjacent to an activating group) is 1. The molecule has 1 fully saturated rings. The molecule has 104 valence electrons. The van der Waals surface area contributed by atoms with Crippen LogP contribution in [-0.2, 0) is 0 Å². The van der Waals surface area contributed by atoms with Crippen molar-refractivity contribution in [3.8, 4) is 0 Å². The van der Waals surface area contributed by atoms with Gasteiger partial charge in [0.15, 0.2) is 0 Å². The number of rotatable bonds is 3. The molecule has 6 heteroatoms. The lowest BCUT2D eigenvalue weighted by atomic mass is 10.0. The van der Waals surface area contributed by atoms with Crippen LogP contribution in [0.25, 0.3) is 0 Å². The third-order valence-electron chi connectivity index (χ3n) is 3.51. The molecular weight excluding hydrogens is 266 g/mol. The highest BCUT2D eigenvalue weighted by atomic mass is 35.5. The monoisotopic (exact) mass is 283 g/mol. The molecule has 2 heterocycles. The number of carboxylic acid groups (broad SMARTS) is 1. The molecule has 1 amide bonds. The van der Waals surface area contributed by atoms with Gasteiger partial charge in [-0.05, 0) is 25.8 Å². The number of aromatic nitrogens is 1. The Bertz CT molecular complexity index is 455. The van der Waals surface area contributed by atoms with Gasteiger partial charge >= 0.3 is 6.09 Å². The topological polar surface area (TPSA) is 56.7 Å².